The van der Waals surface area contributed by atoms with Gasteiger partial charge in [-0.3, -0.25) is 0 Å². The highest BCUT2D eigenvalue weighted by molar-refractivity contribution is 7.06. The standard InChI is InChI=1S/C22H25Si/c1-4-18(2)19-15-16-22(17-19)23(3,20-11-7-5-8-12-20)21-13-9-6-10-14-21/h5-18H,4H2,1-3H3. The second-order valence-corrected chi connectivity index (χ2v) is 10.6. The third-order valence-electron chi connectivity index (χ3n) is 5.24. The Bertz CT molecular complexity index is 658. The average molecular weight is 318 g/mol. The van der Waals surface area contributed by atoms with Crippen molar-refractivity contribution >= 4 is 18.4 Å². The lowest BCUT2D eigenvalue weighted by Gasteiger charge is -2.32. The monoisotopic (exact) mass is 317 g/mol. The van der Waals surface area contributed by atoms with Crippen molar-refractivity contribution in [2.45, 2.75) is 26.8 Å². The van der Waals surface area contributed by atoms with Crippen LogP contribution >= 0.6 is 0 Å². The Labute approximate surface area is 141 Å². The molecule has 0 amide bonds. The normalized spacial score (nSPS) is 16.4. The van der Waals surface area contributed by atoms with Crippen molar-refractivity contribution in [2.75, 3.05) is 0 Å². The number of hydrogen-bond donors (Lipinski definition) is 0. The molecule has 1 radical (unpaired) electrons. The first-order chi connectivity index (χ1) is 11.2. The van der Waals surface area contributed by atoms with E-state index in [-0.39, 0.29) is 0 Å². The summed E-state index contributed by atoms with van der Waals surface area (Å²) in [5.74, 6) is 0.633. The predicted octanol–water partition coefficient (Wildman–Crippen LogP) is 4.54. The van der Waals surface area contributed by atoms with Gasteiger partial charge in [-0.2, -0.15) is 0 Å². The van der Waals surface area contributed by atoms with Crippen LogP contribution in [0.4, 0.5) is 0 Å². The fourth-order valence-corrected chi connectivity index (χ4v) is 6.95. The van der Waals surface area contributed by atoms with E-state index >= 15 is 0 Å². The lowest BCUT2D eigenvalue weighted by Crippen LogP contribution is -2.59. The lowest BCUT2D eigenvalue weighted by atomic mass is 10.0. The Hall–Kier alpha value is -1.86. The minimum absolute atomic E-state index is 0.633. The van der Waals surface area contributed by atoms with E-state index in [0.29, 0.717) is 5.92 Å². The minimum atomic E-state index is -1.92. The molecule has 1 heteroatoms. The highest BCUT2D eigenvalue weighted by Crippen LogP contribution is 2.31. The zero-order valence-corrected chi connectivity index (χ0v) is 15.3. The number of benzene rings is 2. The summed E-state index contributed by atoms with van der Waals surface area (Å²) in [5, 5.41) is 2.96. The van der Waals surface area contributed by atoms with Crippen LogP contribution < -0.4 is 10.4 Å². The highest BCUT2D eigenvalue weighted by atomic mass is 28.3. The van der Waals surface area contributed by atoms with E-state index in [9.17, 15) is 0 Å². The van der Waals surface area contributed by atoms with Crippen molar-refractivity contribution in [3.8, 4) is 0 Å². The van der Waals surface area contributed by atoms with Crippen LogP contribution in [0.1, 0.15) is 20.3 Å². The molecule has 0 saturated heterocycles. The summed E-state index contributed by atoms with van der Waals surface area (Å²) >= 11 is 0. The molecule has 0 aliphatic heterocycles. The van der Waals surface area contributed by atoms with E-state index < -0.39 is 8.07 Å². The van der Waals surface area contributed by atoms with Gasteiger partial charge in [0.05, 0.1) is 0 Å². The molecule has 0 saturated carbocycles. The summed E-state index contributed by atoms with van der Waals surface area (Å²) in [7, 11) is -1.92. The van der Waals surface area contributed by atoms with E-state index in [1.165, 1.54) is 27.9 Å². The van der Waals surface area contributed by atoms with Crippen molar-refractivity contribution in [1.82, 2.24) is 0 Å². The molecule has 0 bridgehead atoms. The van der Waals surface area contributed by atoms with Gasteiger partial charge in [-0.05, 0) is 17.9 Å². The van der Waals surface area contributed by atoms with Crippen molar-refractivity contribution in [3.63, 3.8) is 0 Å². The highest BCUT2D eigenvalue weighted by Gasteiger charge is 2.39. The molecule has 117 valence electrons. The molecule has 0 nitrogen and oxygen atoms in total. The van der Waals surface area contributed by atoms with Gasteiger partial charge in [0.25, 0.3) is 0 Å². The van der Waals surface area contributed by atoms with Gasteiger partial charge in [0, 0.05) is 5.54 Å². The smallest absolute Gasteiger partial charge is 0.0753 e. The molecule has 1 unspecified atom stereocenters. The lowest BCUT2D eigenvalue weighted by molar-refractivity contribution is 0.672. The second-order valence-electron chi connectivity index (χ2n) is 6.60. The molecule has 1 atom stereocenters. The van der Waals surface area contributed by atoms with Gasteiger partial charge in [0.2, 0.25) is 0 Å². The summed E-state index contributed by atoms with van der Waals surface area (Å²) in [6, 6.07) is 22.1. The SMILES string of the molecule is CCC(C)C1=C[C]([Si](C)(c2ccccc2)c2ccccc2)C=C1. The first-order valence-corrected chi connectivity index (χ1v) is 11.0. The van der Waals surface area contributed by atoms with E-state index in [1.807, 2.05) is 0 Å². The van der Waals surface area contributed by atoms with Gasteiger partial charge in [0.1, 0.15) is 8.07 Å². The quantitative estimate of drug-likeness (QED) is 0.711. The summed E-state index contributed by atoms with van der Waals surface area (Å²) in [4.78, 5) is 0. The maximum Gasteiger partial charge on any atom is 0.129 e. The molecule has 0 aromatic heterocycles. The van der Waals surface area contributed by atoms with Gasteiger partial charge in [-0.25, -0.2) is 0 Å². The van der Waals surface area contributed by atoms with Crippen LogP contribution in [0.2, 0.25) is 6.55 Å². The maximum absolute atomic E-state index is 2.48. The van der Waals surface area contributed by atoms with Crippen LogP contribution in [0.15, 0.2) is 84.5 Å². The largest absolute Gasteiger partial charge is 0.129 e. The molecule has 0 N–H and O–H groups in total. The molecule has 0 heterocycles. The summed E-state index contributed by atoms with van der Waals surface area (Å²) < 4.78 is 0. The molecular weight excluding hydrogens is 292 g/mol. The Morgan fingerprint density at radius 2 is 1.35 bits per heavy atom. The molecule has 0 spiro atoms. The van der Waals surface area contributed by atoms with Crippen LogP contribution in [0.5, 0.6) is 0 Å². The molecule has 1 aliphatic rings. The fraction of sp³-hybridized carbons (Fsp3) is 0.227. The van der Waals surface area contributed by atoms with Crippen LogP contribution in [0.3, 0.4) is 0 Å². The van der Waals surface area contributed by atoms with E-state index in [0.717, 1.165) is 0 Å². The molecule has 2 aromatic carbocycles. The summed E-state index contributed by atoms with van der Waals surface area (Å²) in [5.41, 5.74) is 3.00. The molecule has 0 fully saturated rings. The molecule has 3 rings (SSSR count). The third-order valence-corrected chi connectivity index (χ3v) is 9.68. The molecule has 1 aliphatic carbocycles. The summed E-state index contributed by atoms with van der Waals surface area (Å²) in [6.07, 6.45) is 8.35. The number of allylic oxidation sites excluding steroid dienone is 4. The van der Waals surface area contributed by atoms with Gasteiger partial charge in [0.15, 0.2) is 0 Å². The molecular formula is C22H25Si. The zero-order chi connectivity index (χ0) is 16.3. The summed E-state index contributed by atoms with van der Waals surface area (Å²) in [6.45, 7) is 7.07. The zero-order valence-electron chi connectivity index (χ0n) is 14.3. The molecule has 23 heavy (non-hydrogen) atoms. The first kappa shape index (κ1) is 16.0. The van der Waals surface area contributed by atoms with E-state index in [4.69, 9.17) is 0 Å². The van der Waals surface area contributed by atoms with Crippen molar-refractivity contribution in [2.24, 2.45) is 5.92 Å². The van der Waals surface area contributed by atoms with Crippen LogP contribution in [-0.2, 0) is 0 Å². The topological polar surface area (TPSA) is 0 Å². The third kappa shape index (κ3) is 2.98. The minimum Gasteiger partial charge on any atom is -0.0753 e. The Kier molecular flexibility index (Phi) is 4.68. The van der Waals surface area contributed by atoms with Crippen molar-refractivity contribution < 1.29 is 0 Å². The van der Waals surface area contributed by atoms with Crippen molar-refractivity contribution in [1.29, 1.82) is 0 Å². The number of hydrogen-bond acceptors (Lipinski definition) is 0. The van der Waals surface area contributed by atoms with E-state index in [1.54, 1.807) is 0 Å². The predicted molar refractivity (Wildman–Crippen MR) is 104 cm³/mol. The van der Waals surface area contributed by atoms with Gasteiger partial charge >= 0.3 is 0 Å². The average Bonchev–Trinajstić information content (AvgIpc) is 3.12. The second kappa shape index (κ2) is 6.72. The maximum atomic E-state index is 2.48. The van der Waals surface area contributed by atoms with Crippen LogP contribution in [-0.4, -0.2) is 8.07 Å². The Morgan fingerprint density at radius 3 is 1.83 bits per heavy atom. The van der Waals surface area contributed by atoms with Crippen LogP contribution in [0.25, 0.3) is 0 Å². The first-order valence-electron chi connectivity index (χ1n) is 8.54. The Morgan fingerprint density at radius 1 is 0.826 bits per heavy atom. The van der Waals surface area contributed by atoms with Gasteiger partial charge < -0.3 is 0 Å². The fourth-order valence-electron chi connectivity index (χ4n) is 3.36. The number of rotatable bonds is 5. The van der Waals surface area contributed by atoms with Gasteiger partial charge in [-0.1, -0.05) is 110 Å². The van der Waals surface area contributed by atoms with Crippen LogP contribution in [0, 0.1) is 11.5 Å². The molecule has 2 aromatic rings. The van der Waals surface area contributed by atoms with E-state index in [2.05, 4.69) is 99.3 Å². The Balaban J connectivity index is 2.08. The van der Waals surface area contributed by atoms with Gasteiger partial charge in [-0.15, -0.1) is 0 Å². The van der Waals surface area contributed by atoms with Crippen molar-refractivity contribution in [3.05, 3.63) is 90.0 Å².